The first-order valence-corrected chi connectivity index (χ1v) is 4.22. The largest absolute Gasteiger partial charge is 0.624 e. The summed E-state index contributed by atoms with van der Waals surface area (Å²) in [6.07, 6.45) is 0. The predicted octanol–water partition coefficient (Wildman–Crippen LogP) is 0.724. The third kappa shape index (κ3) is 1.46. The van der Waals surface area contributed by atoms with Crippen molar-refractivity contribution in [3.8, 4) is 0 Å². The van der Waals surface area contributed by atoms with Crippen molar-refractivity contribution in [1.29, 1.82) is 0 Å². The highest BCUT2D eigenvalue weighted by Crippen LogP contribution is 2.31. The van der Waals surface area contributed by atoms with Crippen LogP contribution in [0.15, 0.2) is 0 Å². The molecule has 0 unspecified atom stereocenters. The average molecular weight is 185 g/mol. The molecule has 0 spiro atoms. The SMILES string of the molecule is C/[N+]([O-])=C1/C(=O)C(C)(C)OC1(C)C. The normalized spacial score (nSPS) is 29.2. The molecular weight excluding hydrogens is 170 g/mol. The molecule has 0 saturated carbocycles. The fraction of sp³-hybridized carbons (Fsp3) is 0.778. The second kappa shape index (κ2) is 2.54. The highest BCUT2D eigenvalue weighted by atomic mass is 16.5. The van der Waals surface area contributed by atoms with E-state index in [9.17, 15) is 10.0 Å². The molecule has 0 bridgehead atoms. The molecule has 0 aromatic carbocycles. The van der Waals surface area contributed by atoms with Gasteiger partial charge in [-0.25, -0.2) is 4.74 Å². The molecule has 74 valence electrons. The van der Waals surface area contributed by atoms with Gasteiger partial charge in [-0.2, -0.15) is 0 Å². The third-order valence-corrected chi connectivity index (χ3v) is 2.16. The number of hydroxylamine groups is 1. The number of rotatable bonds is 0. The van der Waals surface area contributed by atoms with Crippen molar-refractivity contribution in [3.05, 3.63) is 5.21 Å². The zero-order valence-corrected chi connectivity index (χ0v) is 8.67. The Morgan fingerprint density at radius 2 is 1.69 bits per heavy atom. The fourth-order valence-corrected chi connectivity index (χ4v) is 1.81. The molecule has 0 aromatic rings. The summed E-state index contributed by atoms with van der Waals surface area (Å²) < 4.78 is 6.09. The molecule has 0 amide bonds. The van der Waals surface area contributed by atoms with Crippen molar-refractivity contribution in [2.75, 3.05) is 7.05 Å². The molecule has 1 fully saturated rings. The summed E-state index contributed by atoms with van der Waals surface area (Å²) in [5, 5.41) is 11.1. The molecule has 0 aliphatic carbocycles. The van der Waals surface area contributed by atoms with Crippen LogP contribution in [0.3, 0.4) is 0 Å². The summed E-state index contributed by atoms with van der Waals surface area (Å²) in [5.41, 5.74) is -1.47. The minimum Gasteiger partial charge on any atom is -0.624 e. The van der Waals surface area contributed by atoms with Crippen molar-refractivity contribution in [1.82, 2.24) is 0 Å². The minimum absolute atomic E-state index is 0.192. The van der Waals surface area contributed by atoms with Crippen LogP contribution in [0.5, 0.6) is 0 Å². The predicted molar refractivity (Wildman–Crippen MR) is 48.8 cm³/mol. The van der Waals surface area contributed by atoms with Crippen LogP contribution in [0.4, 0.5) is 0 Å². The Hall–Kier alpha value is -0.900. The first-order valence-electron chi connectivity index (χ1n) is 4.22. The van der Waals surface area contributed by atoms with Gasteiger partial charge in [0.15, 0.2) is 5.60 Å². The summed E-state index contributed by atoms with van der Waals surface area (Å²) in [7, 11) is 1.32. The summed E-state index contributed by atoms with van der Waals surface area (Å²) in [5.74, 6) is -0.227. The maximum absolute atomic E-state index is 11.7. The first kappa shape index (κ1) is 10.2. The summed E-state index contributed by atoms with van der Waals surface area (Å²) in [6, 6.07) is 0. The number of carbonyl (C=O) groups is 1. The highest BCUT2D eigenvalue weighted by Gasteiger charge is 2.55. The van der Waals surface area contributed by atoms with Gasteiger partial charge in [-0.1, -0.05) is 0 Å². The summed E-state index contributed by atoms with van der Waals surface area (Å²) >= 11 is 0. The van der Waals surface area contributed by atoms with Crippen LogP contribution in [0, 0.1) is 5.21 Å². The molecule has 0 radical (unpaired) electrons. The molecule has 1 aliphatic rings. The van der Waals surface area contributed by atoms with Crippen molar-refractivity contribution < 1.29 is 14.3 Å². The van der Waals surface area contributed by atoms with E-state index in [-0.39, 0.29) is 11.5 Å². The Labute approximate surface area is 77.8 Å². The van der Waals surface area contributed by atoms with Crippen molar-refractivity contribution in [3.63, 3.8) is 0 Å². The van der Waals surface area contributed by atoms with Gasteiger partial charge in [0.1, 0.15) is 12.6 Å². The van der Waals surface area contributed by atoms with Gasteiger partial charge in [0.05, 0.1) is 0 Å². The summed E-state index contributed by atoms with van der Waals surface area (Å²) in [4.78, 5) is 11.7. The van der Waals surface area contributed by atoms with Crippen LogP contribution in [0.2, 0.25) is 0 Å². The van der Waals surface area contributed by atoms with Crippen LogP contribution < -0.4 is 0 Å². The van der Waals surface area contributed by atoms with Gasteiger partial charge >= 0.3 is 0 Å². The maximum Gasteiger partial charge on any atom is 0.264 e. The Kier molecular flexibility index (Phi) is 1.99. The van der Waals surface area contributed by atoms with Gasteiger partial charge in [0, 0.05) is 0 Å². The highest BCUT2D eigenvalue weighted by molar-refractivity contribution is 6.45. The fourth-order valence-electron chi connectivity index (χ4n) is 1.81. The van der Waals surface area contributed by atoms with Crippen LogP contribution >= 0.6 is 0 Å². The standard InChI is InChI=1S/C9H15NO3/c1-8(2)6(10(5)12)7(11)9(3,4)13-8/h1-5H3/b10-6+. The number of ketones is 1. The van der Waals surface area contributed by atoms with E-state index in [0.29, 0.717) is 4.74 Å². The van der Waals surface area contributed by atoms with Gasteiger partial charge in [-0.15, -0.1) is 0 Å². The Morgan fingerprint density at radius 1 is 1.23 bits per heavy atom. The van der Waals surface area contributed by atoms with E-state index in [2.05, 4.69) is 0 Å². The second-order valence-corrected chi connectivity index (χ2v) is 4.30. The van der Waals surface area contributed by atoms with E-state index in [1.165, 1.54) is 7.05 Å². The average Bonchev–Trinajstić information content (AvgIpc) is 1.96. The van der Waals surface area contributed by atoms with E-state index in [0.717, 1.165) is 0 Å². The zero-order valence-electron chi connectivity index (χ0n) is 8.67. The monoisotopic (exact) mass is 185 g/mol. The molecule has 0 atom stereocenters. The Balaban J connectivity index is 3.26. The van der Waals surface area contributed by atoms with E-state index in [1.807, 2.05) is 0 Å². The lowest BCUT2D eigenvalue weighted by Crippen LogP contribution is -2.36. The lowest BCUT2D eigenvalue weighted by Gasteiger charge is -2.19. The van der Waals surface area contributed by atoms with E-state index < -0.39 is 11.2 Å². The van der Waals surface area contributed by atoms with Crippen molar-refractivity contribution in [2.24, 2.45) is 0 Å². The first-order chi connectivity index (χ1) is 5.68. The van der Waals surface area contributed by atoms with E-state index in [4.69, 9.17) is 4.74 Å². The van der Waals surface area contributed by atoms with Gasteiger partial charge in [0.25, 0.3) is 11.5 Å². The van der Waals surface area contributed by atoms with Crippen molar-refractivity contribution >= 4 is 11.5 Å². The number of hydrogen-bond acceptors (Lipinski definition) is 3. The Morgan fingerprint density at radius 3 is 1.85 bits per heavy atom. The van der Waals surface area contributed by atoms with Crippen LogP contribution in [0.25, 0.3) is 0 Å². The molecule has 1 rings (SSSR count). The van der Waals surface area contributed by atoms with Crippen LogP contribution in [-0.2, 0) is 9.53 Å². The van der Waals surface area contributed by atoms with Gasteiger partial charge < -0.3 is 9.94 Å². The lowest BCUT2D eigenvalue weighted by atomic mass is 9.96. The molecular formula is C9H15NO3. The molecule has 4 heteroatoms. The number of hydrogen-bond donors (Lipinski definition) is 0. The second-order valence-electron chi connectivity index (χ2n) is 4.30. The quantitative estimate of drug-likeness (QED) is 0.317. The lowest BCUT2D eigenvalue weighted by molar-refractivity contribution is -0.425. The van der Waals surface area contributed by atoms with E-state index >= 15 is 0 Å². The van der Waals surface area contributed by atoms with Gasteiger partial charge in [-0.05, 0) is 27.7 Å². The Bertz CT molecular complexity index is 285. The number of Topliss-reactive ketones (excluding diaryl/α,β-unsaturated/α-hetero) is 1. The third-order valence-electron chi connectivity index (χ3n) is 2.16. The molecule has 0 N–H and O–H groups in total. The zero-order chi connectivity index (χ0) is 10.4. The molecule has 1 saturated heterocycles. The van der Waals surface area contributed by atoms with Crippen molar-refractivity contribution in [2.45, 2.75) is 38.9 Å². The smallest absolute Gasteiger partial charge is 0.264 e. The molecule has 1 aliphatic heterocycles. The molecule has 4 nitrogen and oxygen atoms in total. The van der Waals surface area contributed by atoms with Crippen LogP contribution in [0.1, 0.15) is 27.7 Å². The number of nitrogens with zero attached hydrogens (tertiary/aromatic N) is 1. The molecule has 13 heavy (non-hydrogen) atoms. The van der Waals surface area contributed by atoms with Gasteiger partial charge in [-0.3, -0.25) is 4.79 Å². The maximum atomic E-state index is 11.7. The summed E-state index contributed by atoms with van der Waals surface area (Å²) in [6.45, 7) is 6.80. The van der Waals surface area contributed by atoms with Gasteiger partial charge in [0.2, 0.25) is 0 Å². The minimum atomic E-state index is -0.877. The van der Waals surface area contributed by atoms with Crippen LogP contribution in [-0.4, -0.2) is 34.5 Å². The van der Waals surface area contributed by atoms with E-state index in [1.54, 1.807) is 27.7 Å². The molecule has 0 aromatic heterocycles. The number of carbonyl (C=O) groups excluding carboxylic acids is 1. The molecule has 1 heterocycles. The number of ether oxygens (including phenoxy) is 1. The topological polar surface area (TPSA) is 52.4 Å².